The van der Waals surface area contributed by atoms with Gasteiger partial charge in [-0.25, -0.2) is 4.39 Å². The third-order valence-corrected chi connectivity index (χ3v) is 7.39. The average molecular weight is 478 g/mol. The third kappa shape index (κ3) is 5.47. The van der Waals surface area contributed by atoms with Gasteiger partial charge in [0.1, 0.15) is 10.6 Å². The highest BCUT2D eigenvalue weighted by atomic mass is 32.2. The SMILES string of the molecule is COc1ccc(S(=O)(=O)Oc2ccccc2CN(CC2CCCO2)C(=O)C2CCC2)cc1F. The number of benzene rings is 2. The fourth-order valence-corrected chi connectivity index (χ4v) is 5.05. The number of halogens is 1. The van der Waals surface area contributed by atoms with E-state index in [2.05, 4.69) is 0 Å². The summed E-state index contributed by atoms with van der Waals surface area (Å²) >= 11 is 0. The van der Waals surface area contributed by atoms with E-state index in [4.69, 9.17) is 13.7 Å². The first kappa shape index (κ1) is 23.5. The molecule has 0 N–H and O–H groups in total. The first-order valence-corrected chi connectivity index (χ1v) is 12.5. The second kappa shape index (κ2) is 10.1. The lowest BCUT2D eigenvalue weighted by Gasteiger charge is -2.33. The number of hydrogen-bond acceptors (Lipinski definition) is 6. The molecule has 9 heteroatoms. The molecule has 0 radical (unpaired) electrons. The molecule has 33 heavy (non-hydrogen) atoms. The number of ether oxygens (including phenoxy) is 2. The summed E-state index contributed by atoms with van der Waals surface area (Å²) in [6.45, 7) is 1.35. The van der Waals surface area contributed by atoms with Crippen LogP contribution < -0.4 is 8.92 Å². The summed E-state index contributed by atoms with van der Waals surface area (Å²) in [6.07, 6.45) is 4.62. The first-order chi connectivity index (χ1) is 15.9. The monoisotopic (exact) mass is 477 g/mol. The minimum absolute atomic E-state index is 0.00508. The van der Waals surface area contributed by atoms with E-state index in [1.54, 1.807) is 23.1 Å². The van der Waals surface area contributed by atoms with Crippen molar-refractivity contribution in [3.63, 3.8) is 0 Å². The van der Waals surface area contributed by atoms with Gasteiger partial charge in [-0.05, 0) is 49.9 Å². The van der Waals surface area contributed by atoms with E-state index < -0.39 is 15.9 Å². The van der Waals surface area contributed by atoms with Crippen molar-refractivity contribution in [1.82, 2.24) is 4.90 Å². The predicted octanol–water partition coefficient (Wildman–Crippen LogP) is 3.91. The zero-order valence-corrected chi connectivity index (χ0v) is 19.4. The van der Waals surface area contributed by atoms with Gasteiger partial charge in [0.05, 0.1) is 13.2 Å². The smallest absolute Gasteiger partial charge is 0.339 e. The molecular formula is C24H28FNO6S. The highest BCUT2D eigenvalue weighted by Gasteiger charge is 2.32. The quantitative estimate of drug-likeness (QED) is 0.510. The van der Waals surface area contributed by atoms with Crippen LogP contribution >= 0.6 is 0 Å². The van der Waals surface area contributed by atoms with Crippen LogP contribution in [0.1, 0.15) is 37.7 Å². The summed E-state index contributed by atoms with van der Waals surface area (Å²) in [5, 5.41) is 0. The lowest BCUT2D eigenvalue weighted by Crippen LogP contribution is -2.42. The summed E-state index contributed by atoms with van der Waals surface area (Å²) in [7, 11) is -3.00. The predicted molar refractivity (Wildman–Crippen MR) is 119 cm³/mol. The molecule has 1 aliphatic heterocycles. The molecule has 0 bridgehead atoms. The van der Waals surface area contributed by atoms with Crippen LogP contribution in [0.3, 0.4) is 0 Å². The van der Waals surface area contributed by atoms with Crippen molar-refractivity contribution < 1.29 is 31.3 Å². The molecule has 2 aromatic rings. The number of para-hydroxylation sites is 1. The molecule has 1 unspecified atom stereocenters. The molecule has 1 amide bonds. The van der Waals surface area contributed by atoms with E-state index in [1.165, 1.54) is 25.3 Å². The van der Waals surface area contributed by atoms with Crippen LogP contribution in [0, 0.1) is 11.7 Å². The average Bonchev–Trinajstić information content (AvgIpc) is 3.26. The number of methoxy groups -OCH3 is 1. The van der Waals surface area contributed by atoms with Crippen LogP contribution in [0.5, 0.6) is 11.5 Å². The standard InChI is InChI=1S/C24H28FNO6S/c1-30-23-12-11-20(14-21(23)25)33(28,29)32-22-10-3-2-6-18(22)15-26(16-19-9-5-13-31-19)24(27)17-7-4-8-17/h2-3,6,10-12,14,17,19H,4-5,7-9,13,15-16H2,1H3. The Kier molecular flexibility index (Phi) is 7.19. The van der Waals surface area contributed by atoms with E-state index in [9.17, 15) is 17.6 Å². The van der Waals surface area contributed by atoms with Gasteiger partial charge >= 0.3 is 10.1 Å². The summed E-state index contributed by atoms with van der Waals surface area (Å²) in [5.74, 6) is -0.692. The zero-order valence-electron chi connectivity index (χ0n) is 18.5. The summed E-state index contributed by atoms with van der Waals surface area (Å²) in [5.41, 5.74) is 0.556. The van der Waals surface area contributed by atoms with Gasteiger partial charge < -0.3 is 18.6 Å². The van der Waals surface area contributed by atoms with Crippen molar-refractivity contribution >= 4 is 16.0 Å². The Labute approximate surface area is 193 Å². The molecule has 1 saturated heterocycles. The number of rotatable bonds is 9. The molecule has 0 spiro atoms. The Hall–Kier alpha value is -2.65. The number of hydrogen-bond donors (Lipinski definition) is 0. The largest absolute Gasteiger partial charge is 0.494 e. The second-order valence-corrected chi connectivity index (χ2v) is 9.97. The van der Waals surface area contributed by atoms with Gasteiger partial charge in [-0.1, -0.05) is 24.6 Å². The van der Waals surface area contributed by atoms with Crippen LogP contribution in [0.4, 0.5) is 4.39 Å². The normalized spacial score (nSPS) is 18.5. The van der Waals surface area contributed by atoms with E-state index in [0.29, 0.717) is 18.7 Å². The topological polar surface area (TPSA) is 82.1 Å². The molecule has 2 fully saturated rings. The van der Waals surface area contributed by atoms with Crippen molar-refractivity contribution in [2.45, 2.75) is 49.6 Å². The van der Waals surface area contributed by atoms with Crippen LogP contribution in [-0.4, -0.2) is 45.6 Å². The number of nitrogens with zero attached hydrogens (tertiary/aromatic N) is 1. The molecule has 0 aromatic heterocycles. The third-order valence-electron chi connectivity index (χ3n) is 6.16. The zero-order chi connectivity index (χ0) is 23.4. The molecular weight excluding hydrogens is 449 g/mol. The van der Waals surface area contributed by atoms with Crippen molar-refractivity contribution in [3.05, 3.63) is 53.8 Å². The van der Waals surface area contributed by atoms with Crippen LogP contribution in [0.2, 0.25) is 0 Å². The Morgan fingerprint density at radius 1 is 1.12 bits per heavy atom. The maximum absolute atomic E-state index is 14.1. The first-order valence-electron chi connectivity index (χ1n) is 11.1. The number of amides is 1. The van der Waals surface area contributed by atoms with Gasteiger partial charge in [0.15, 0.2) is 11.6 Å². The second-order valence-electron chi connectivity index (χ2n) is 8.42. The minimum atomic E-state index is -4.30. The van der Waals surface area contributed by atoms with Crippen molar-refractivity contribution in [2.75, 3.05) is 20.3 Å². The van der Waals surface area contributed by atoms with Crippen molar-refractivity contribution in [2.24, 2.45) is 5.92 Å². The maximum atomic E-state index is 14.1. The maximum Gasteiger partial charge on any atom is 0.339 e. The van der Waals surface area contributed by atoms with Crippen LogP contribution in [0.15, 0.2) is 47.4 Å². The minimum Gasteiger partial charge on any atom is -0.494 e. The van der Waals surface area contributed by atoms with Gasteiger partial charge in [-0.3, -0.25) is 4.79 Å². The Balaban J connectivity index is 1.56. The molecule has 7 nitrogen and oxygen atoms in total. The van der Waals surface area contributed by atoms with Crippen molar-refractivity contribution in [1.29, 1.82) is 0 Å². The molecule has 1 saturated carbocycles. The molecule has 178 valence electrons. The summed E-state index contributed by atoms with van der Waals surface area (Å²) in [4.78, 5) is 14.5. The van der Waals surface area contributed by atoms with E-state index >= 15 is 0 Å². The number of carbonyl (C=O) groups is 1. The van der Waals surface area contributed by atoms with Gasteiger partial charge in [0.2, 0.25) is 5.91 Å². The molecule has 1 heterocycles. The van der Waals surface area contributed by atoms with Gasteiger partial charge in [-0.2, -0.15) is 8.42 Å². The molecule has 1 atom stereocenters. The Bertz CT molecular complexity index is 1100. The lowest BCUT2D eigenvalue weighted by molar-refractivity contribution is -0.140. The van der Waals surface area contributed by atoms with E-state index in [0.717, 1.165) is 38.2 Å². The van der Waals surface area contributed by atoms with Gasteiger partial charge in [0.25, 0.3) is 0 Å². The molecule has 1 aliphatic carbocycles. The highest BCUT2D eigenvalue weighted by molar-refractivity contribution is 7.87. The molecule has 2 aliphatic rings. The summed E-state index contributed by atoms with van der Waals surface area (Å²) in [6, 6.07) is 10.0. The highest BCUT2D eigenvalue weighted by Crippen LogP contribution is 2.31. The lowest BCUT2D eigenvalue weighted by atomic mass is 9.84. The fraction of sp³-hybridized carbons (Fsp3) is 0.458. The van der Waals surface area contributed by atoms with Gasteiger partial charge in [0, 0.05) is 31.2 Å². The summed E-state index contributed by atoms with van der Waals surface area (Å²) < 4.78 is 55.7. The molecule has 4 rings (SSSR count). The van der Waals surface area contributed by atoms with Crippen LogP contribution in [0.25, 0.3) is 0 Å². The Morgan fingerprint density at radius 3 is 2.55 bits per heavy atom. The van der Waals surface area contributed by atoms with Gasteiger partial charge in [-0.15, -0.1) is 0 Å². The van der Waals surface area contributed by atoms with Crippen LogP contribution in [-0.2, 0) is 26.2 Å². The fourth-order valence-electron chi connectivity index (χ4n) is 4.07. The van der Waals surface area contributed by atoms with E-state index in [1.807, 2.05) is 0 Å². The van der Waals surface area contributed by atoms with Crippen molar-refractivity contribution in [3.8, 4) is 11.5 Å². The van der Waals surface area contributed by atoms with E-state index in [-0.39, 0.29) is 40.9 Å². The Morgan fingerprint density at radius 2 is 1.91 bits per heavy atom. The molecule has 2 aromatic carbocycles. The number of carbonyl (C=O) groups excluding carboxylic acids is 1.